The predicted molar refractivity (Wildman–Crippen MR) is 128 cm³/mol. The Morgan fingerprint density at radius 2 is 1.82 bits per heavy atom. The molecule has 2 aliphatic heterocycles. The van der Waals surface area contributed by atoms with Crippen LogP contribution in [-0.2, 0) is 9.59 Å². The van der Waals surface area contributed by atoms with Crippen LogP contribution in [0.4, 0.5) is 20.6 Å². The first-order chi connectivity index (χ1) is 15.5. The Balaban J connectivity index is 1.81. The van der Waals surface area contributed by atoms with Gasteiger partial charge in [-0.2, -0.15) is 0 Å². The number of carbonyl (C=O) groups is 3. The molecule has 1 fully saturated rings. The number of urea groups is 1. The van der Waals surface area contributed by atoms with E-state index in [1.54, 1.807) is 0 Å². The van der Waals surface area contributed by atoms with Crippen LogP contribution >= 0.6 is 11.6 Å². The van der Waals surface area contributed by atoms with Gasteiger partial charge in [0.05, 0.1) is 11.2 Å². The Hall–Kier alpha value is -3.45. The van der Waals surface area contributed by atoms with Crippen molar-refractivity contribution < 1.29 is 18.8 Å². The van der Waals surface area contributed by atoms with Gasteiger partial charge in [-0.15, -0.1) is 0 Å². The number of hydrogen-bond acceptors (Lipinski definition) is 4. The summed E-state index contributed by atoms with van der Waals surface area (Å²) in [5.74, 6) is -2.55. The van der Waals surface area contributed by atoms with Gasteiger partial charge in [-0.05, 0) is 69.2 Å². The Morgan fingerprint density at radius 3 is 2.48 bits per heavy atom. The minimum atomic E-state index is -1.01. The third-order valence-electron chi connectivity index (χ3n) is 5.91. The number of anilines is 2. The summed E-state index contributed by atoms with van der Waals surface area (Å²) < 4.78 is 14.3. The van der Waals surface area contributed by atoms with Gasteiger partial charge >= 0.3 is 6.03 Å². The quantitative estimate of drug-likeness (QED) is 0.499. The molecule has 4 rings (SSSR count). The second kappa shape index (κ2) is 8.15. The van der Waals surface area contributed by atoms with E-state index in [1.165, 1.54) is 24.3 Å². The van der Waals surface area contributed by atoms with Crippen molar-refractivity contribution in [3.63, 3.8) is 0 Å². The van der Waals surface area contributed by atoms with Gasteiger partial charge in [-0.1, -0.05) is 29.8 Å². The van der Waals surface area contributed by atoms with Crippen LogP contribution in [0.15, 0.2) is 48.0 Å². The number of hydrogen-bond donors (Lipinski definition) is 1. The van der Waals surface area contributed by atoms with E-state index in [0.717, 1.165) is 29.4 Å². The van der Waals surface area contributed by atoms with Crippen LogP contribution in [-0.4, -0.2) is 29.9 Å². The minimum absolute atomic E-state index is 0.199. The first-order valence-electron chi connectivity index (χ1n) is 10.5. The van der Waals surface area contributed by atoms with E-state index in [0.29, 0.717) is 15.5 Å². The summed E-state index contributed by atoms with van der Waals surface area (Å²) in [6.45, 7) is 9.05. The number of likely N-dealkylation sites (N-methyl/N-ethyl adjacent to an activating group) is 1. The Bertz CT molecular complexity index is 1270. The van der Waals surface area contributed by atoms with Crippen molar-refractivity contribution in [3.05, 3.63) is 70.0 Å². The molecule has 0 atom stereocenters. The van der Waals surface area contributed by atoms with Gasteiger partial charge < -0.3 is 4.90 Å². The van der Waals surface area contributed by atoms with Crippen molar-refractivity contribution in [1.82, 2.24) is 5.32 Å². The van der Waals surface area contributed by atoms with Crippen LogP contribution in [0.25, 0.3) is 11.6 Å². The molecule has 2 aliphatic rings. The first-order valence-corrected chi connectivity index (χ1v) is 10.9. The Kier molecular flexibility index (Phi) is 5.62. The number of benzene rings is 2. The van der Waals surface area contributed by atoms with Crippen LogP contribution in [0.2, 0.25) is 5.02 Å². The molecule has 2 aromatic carbocycles. The van der Waals surface area contributed by atoms with Crippen molar-refractivity contribution in [1.29, 1.82) is 0 Å². The lowest BCUT2D eigenvalue weighted by Gasteiger charge is -2.43. The SMILES string of the molecule is CCN1c2cc(Cl)c(/C=C3/C(=O)NC(=O)N(c4ccccc4F)C3=O)cc2C(C)=CC1(C)C. The van der Waals surface area contributed by atoms with Crippen molar-refractivity contribution in [2.45, 2.75) is 33.2 Å². The van der Waals surface area contributed by atoms with Crippen molar-refractivity contribution in [2.24, 2.45) is 0 Å². The third-order valence-corrected chi connectivity index (χ3v) is 6.23. The van der Waals surface area contributed by atoms with Crippen LogP contribution in [0, 0.1) is 5.82 Å². The maximum atomic E-state index is 14.3. The summed E-state index contributed by atoms with van der Waals surface area (Å²) in [6, 6.07) is 7.98. The van der Waals surface area contributed by atoms with E-state index < -0.39 is 23.7 Å². The van der Waals surface area contributed by atoms with E-state index in [9.17, 15) is 18.8 Å². The van der Waals surface area contributed by atoms with Crippen molar-refractivity contribution >= 4 is 52.5 Å². The van der Waals surface area contributed by atoms with E-state index >= 15 is 0 Å². The second-order valence-corrected chi connectivity index (χ2v) is 8.93. The summed E-state index contributed by atoms with van der Waals surface area (Å²) in [7, 11) is 0. The highest BCUT2D eigenvalue weighted by Crippen LogP contribution is 2.41. The molecule has 1 N–H and O–H groups in total. The lowest BCUT2D eigenvalue weighted by atomic mass is 9.87. The molecule has 0 radical (unpaired) electrons. The van der Waals surface area contributed by atoms with E-state index in [-0.39, 0.29) is 16.8 Å². The number of para-hydroxylation sites is 1. The lowest BCUT2D eigenvalue weighted by molar-refractivity contribution is -0.122. The normalized spacial score (nSPS) is 18.9. The van der Waals surface area contributed by atoms with E-state index in [1.807, 2.05) is 19.1 Å². The molecule has 0 spiro atoms. The Labute approximate surface area is 196 Å². The lowest BCUT2D eigenvalue weighted by Crippen LogP contribution is -2.54. The zero-order chi connectivity index (χ0) is 24.1. The smallest absolute Gasteiger partial charge is 0.336 e. The molecule has 33 heavy (non-hydrogen) atoms. The number of rotatable bonds is 3. The van der Waals surface area contributed by atoms with Gasteiger partial charge in [-0.25, -0.2) is 14.1 Å². The molecule has 170 valence electrons. The number of allylic oxidation sites excluding steroid dienone is 1. The summed E-state index contributed by atoms with van der Waals surface area (Å²) in [6.07, 6.45) is 3.49. The van der Waals surface area contributed by atoms with Crippen LogP contribution in [0.1, 0.15) is 38.8 Å². The summed E-state index contributed by atoms with van der Waals surface area (Å²) in [5, 5.41) is 2.45. The van der Waals surface area contributed by atoms with Crippen molar-refractivity contribution in [2.75, 3.05) is 16.3 Å². The fourth-order valence-corrected chi connectivity index (χ4v) is 4.68. The fourth-order valence-electron chi connectivity index (χ4n) is 4.47. The van der Waals surface area contributed by atoms with E-state index in [4.69, 9.17) is 11.6 Å². The standard InChI is InChI=1S/C25H23ClFN3O3/c1-5-29-21-12-18(26)15(10-16(21)14(2)13-25(29,3)4)11-17-22(31)28-24(33)30(23(17)32)20-9-7-6-8-19(20)27/h6-13H,5H2,1-4H3,(H,28,31,33)/b17-11-. The molecule has 0 aliphatic carbocycles. The molecule has 6 nitrogen and oxygen atoms in total. The number of carbonyl (C=O) groups excluding carboxylic acids is 3. The highest BCUT2D eigenvalue weighted by molar-refractivity contribution is 6.40. The Morgan fingerprint density at radius 1 is 1.12 bits per heavy atom. The number of nitrogens with zero attached hydrogens (tertiary/aromatic N) is 2. The second-order valence-electron chi connectivity index (χ2n) is 8.53. The van der Waals surface area contributed by atoms with Gasteiger partial charge in [0.25, 0.3) is 11.8 Å². The summed E-state index contributed by atoms with van der Waals surface area (Å²) in [4.78, 5) is 40.8. The van der Waals surface area contributed by atoms with Gasteiger partial charge in [0.15, 0.2) is 0 Å². The number of barbiturate groups is 1. The van der Waals surface area contributed by atoms with Gasteiger partial charge in [0.1, 0.15) is 11.4 Å². The number of amides is 4. The molecule has 8 heteroatoms. The number of halogens is 2. The highest BCUT2D eigenvalue weighted by Gasteiger charge is 2.38. The molecule has 1 saturated heterocycles. The first kappa shape index (κ1) is 22.7. The number of nitrogens with one attached hydrogen (secondary N) is 1. The summed E-state index contributed by atoms with van der Waals surface area (Å²) in [5.41, 5.74) is 2.61. The average Bonchev–Trinajstić information content (AvgIpc) is 2.72. The zero-order valence-electron chi connectivity index (χ0n) is 18.7. The molecule has 4 amide bonds. The topological polar surface area (TPSA) is 69.7 Å². The number of imide groups is 2. The van der Waals surface area contributed by atoms with Gasteiger partial charge in [0.2, 0.25) is 0 Å². The van der Waals surface area contributed by atoms with Crippen LogP contribution in [0.3, 0.4) is 0 Å². The molecule has 2 aromatic rings. The van der Waals surface area contributed by atoms with Gasteiger partial charge in [0, 0.05) is 22.8 Å². The maximum Gasteiger partial charge on any atom is 0.336 e. The van der Waals surface area contributed by atoms with Crippen molar-refractivity contribution in [3.8, 4) is 0 Å². The fraction of sp³-hybridized carbons (Fsp3) is 0.240. The van der Waals surface area contributed by atoms with Gasteiger partial charge in [-0.3, -0.25) is 14.9 Å². The molecule has 0 saturated carbocycles. The summed E-state index contributed by atoms with van der Waals surface area (Å²) >= 11 is 6.57. The predicted octanol–water partition coefficient (Wildman–Crippen LogP) is 5.17. The third kappa shape index (κ3) is 3.82. The molecule has 0 aromatic heterocycles. The monoisotopic (exact) mass is 467 g/mol. The highest BCUT2D eigenvalue weighted by atomic mass is 35.5. The zero-order valence-corrected chi connectivity index (χ0v) is 19.5. The average molecular weight is 468 g/mol. The molecule has 2 heterocycles. The molecule has 0 unspecified atom stereocenters. The van der Waals surface area contributed by atoms with E-state index in [2.05, 4.69) is 37.1 Å². The molecular weight excluding hydrogens is 445 g/mol. The molecule has 0 bridgehead atoms. The van der Waals surface area contributed by atoms with Crippen LogP contribution in [0.5, 0.6) is 0 Å². The largest absolute Gasteiger partial charge is 0.363 e. The maximum absolute atomic E-state index is 14.3. The minimum Gasteiger partial charge on any atom is -0.363 e. The van der Waals surface area contributed by atoms with Crippen LogP contribution < -0.4 is 15.1 Å². The number of fused-ring (bicyclic) bond motifs is 1. The molecular formula is C25H23ClFN3O3.